The van der Waals surface area contributed by atoms with Crippen molar-refractivity contribution in [3.8, 4) is 5.75 Å². The number of nitrogens with one attached hydrogen (secondary N) is 1. The van der Waals surface area contributed by atoms with Gasteiger partial charge in [0.05, 0.1) is 26.3 Å². The summed E-state index contributed by atoms with van der Waals surface area (Å²) >= 11 is 0. The van der Waals surface area contributed by atoms with Crippen LogP contribution in [0.3, 0.4) is 0 Å². The molecule has 0 saturated heterocycles. The van der Waals surface area contributed by atoms with Gasteiger partial charge in [-0.05, 0) is 30.2 Å². The number of methoxy groups -OCH3 is 1. The summed E-state index contributed by atoms with van der Waals surface area (Å²) in [5.74, 6) is 0.656. The van der Waals surface area contributed by atoms with E-state index in [-0.39, 0.29) is 18.6 Å². The average molecular weight is 435 g/mol. The highest BCUT2D eigenvalue weighted by Crippen LogP contribution is 2.25. The highest BCUT2D eigenvalue weighted by Gasteiger charge is 2.28. The third-order valence-corrected chi connectivity index (χ3v) is 5.93. The van der Waals surface area contributed by atoms with Gasteiger partial charge in [-0.25, -0.2) is 0 Å². The third-order valence-electron chi connectivity index (χ3n) is 5.93. The molecule has 7 nitrogen and oxygen atoms in total. The van der Waals surface area contributed by atoms with Crippen LogP contribution >= 0.6 is 0 Å². The number of aromatic nitrogens is 2. The monoisotopic (exact) mass is 434 g/mol. The number of aliphatic hydroxyl groups excluding tert-OH is 1. The fraction of sp³-hybridized carbons (Fsp3) is 0.360. The Labute approximate surface area is 188 Å². The highest BCUT2D eigenvalue weighted by molar-refractivity contribution is 5.94. The highest BCUT2D eigenvalue weighted by atomic mass is 16.5. The first-order valence-corrected chi connectivity index (χ1v) is 11.0. The molecule has 168 valence electrons. The first kappa shape index (κ1) is 22.0. The topological polar surface area (TPSA) is 79.6 Å². The van der Waals surface area contributed by atoms with E-state index in [2.05, 4.69) is 21.4 Å². The quantitative estimate of drug-likeness (QED) is 0.570. The normalized spacial score (nSPS) is 14.6. The number of ether oxygens (including phenoxy) is 1. The molecule has 1 aliphatic rings. The number of amides is 1. The molecule has 1 aliphatic heterocycles. The Morgan fingerprint density at radius 1 is 1.22 bits per heavy atom. The standard InChI is InChI=1S/C25H30N4O3/c1-18(20-8-4-3-5-9-20)26-25(31)24-22-17-28(12-11-23(22)29(27-24)13-14-30)16-19-7-6-10-21(15-19)32-2/h3-10,15,18,30H,11-14,16-17H2,1-2H3,(H,26,31)/t18-/m0/s1. The molecule has 0 aliphatic carbocycles. The molecule has 32 heavy (non-hydrogen) atoms. The molecule has 3 aromatic rings. The zero-order chi connectivity index (χ0) is 22.5. The number of aliphatic hydroxyl groups is 1. The fourth-order valence-corrected chi connectivity index (χ4v) is 4.26. The van der Waals surface area contributed by atoms with E-state index in [0.717, 1.165) is 42.1 Å². The smallest absolute Gasteiger partial charge is 0.272 e. The number of hydrogen-bond acceptors (Lipinski definition) is 5. The van der Waals surface area contributed by atoms with Crippen molar-refractivity contribution in [1.82, 2.24) is 20.0 Å². The van der Waals surface area contributed by atoms with Gasteiger partial charge in [-0.2, -0.15) is 5.10 Å². The lowest BCUT2D eigenvalue weighted by Gasteiger charge is -2.28. The molecule has 1 atom stereocenters. The summed E-state index contributed by atoms with van der Waals surface area (Å²) in [5.41, 5.74) is 4.65. The van der Waals surface area contributed by atoms with E-state index in [9.17, 15) is 9.90 Å². The van der Waals surface area contributed by atoms with Gasteiger partial charge in [0, 0.05) is 37.3 Å². The Morgan fingerprint density at radius 3 is 2.78 bits per heavy atom. The van der Waals surface area contributed by atoms with Crippen LogP contribution in [0.4, 0.5) is 0 Å². The number of nitrogens with zero attached hydrogens (tertiary/aromatic N) is 3. The summed E-state index contributed by atoms with van der Waals surface area (Å²) < 4.78 is 7.14. The molecule has 2 N–H and O–H groups in total. The van der Waals surface area contributed by atoms with Crippen LogP contribution in [0, 0.1) is 0 Å². The van der Waals surface area contributed by atoms with Crippen molar-refractivity contribution in [2.45, 2.75) is 39.0 Å². The number of carbonyl (C=O) groups excluding carboxylic acids is 1. The van der Waals surface area contributed by atoms with Crippen molar-refractivity contribution in [2.24, 2.45) is 0 Å². The number of benzene rings is 2. The van der Waals surface area contributed by atoms with Crippen molar-refractivity contribution in [2.75, 3.05) is 20.3 Å². The summed E-state index contributed by atoms with van der Waals surface area (Å²) in [5, 5.41) is 17.2. The van der Waals surface area contributed by atoms with E-state index in [1.165, 1.54) is 5.56 Å². The minimum atomic E-state index is -0.183. The zero-order valence-electron chi connectivity index (χ0n) is 18.6. The summed E-state index contributed by atoms with van der Waals surface area (Å²) in [6, 6.07) is 17.8. The van der Waals surface area contributed by atoms with Gasteiger partial charge in [0.25, 0.3) is 5.91 Å². The largest absolute Gasteiger partial charge is 0.497 e. The average Bonchev–Trinajstić information content (AvgIpc) is 3.18. The molecule has 0 unspecified atom stereocenters. The van der Waals surface area contributed by atoms with Crippen molar-refractivity contribution in [3.05, 3.63) is 82.7 Å². The van der Waals surface area contributed by atoms with Gasteiger partial charge < -0.3 is 15.2 Å². The first-order chi connectivity index (χ1) is 15.6. The Hall–Kier alpha value is -3.16. The van der Waals surface area contributed by atoms with Crippen LogP contribution < -0.4 is 10.1 Å². The van der Waals surface area contributed by atoms with E-state index in [1.807, 2.05) is 55.5 Å². The molecule has 0 fully saturated rings. The van der Waals surface area contributed by atoms with Crippen LogP contribution in [0.1, 0.15) is 45.8 Å². The second-order valence-electron chi connectivity index (χ2n) is 8.14. The molecule has 2 heterocycles. The molecule has 0 spiro atoms. The SMILES string of the molecule is COc1cccc(CN2CCc3c(c(C(=O)N[C@@H](C)c4ccccc4)nn3CCO)C2)c1. The maximum Gasteiger partial charge on any atom is 0.272 e. The lowest BCUT2D eigenvalue weighted by Crippen LogP contribution is -2.33. The number of fused-ring (bicyclic) bond motifs is 1. The van der Waals surface area contributed by atoms with E-state index in [0.29, 0.717) is 18.8 Å². The van der Waals surface area contributed by atoms with Crippen LogP contribution in [0.5, 0.6) is 5.75 Å². The summed E-state index contributed by atoms with van der Waals surface area (Å²) in [6.07, 6.45) is 0.786. The molecular weight excluding hydrogens is 404 g/mol. The predicted molar refractivity (Wildman–Crippen MR) is 122 cm³/mol. The van der Waals surface area contributed by atoms with E-state index >= 15 is 0 Å². The Kier molecular flexibility index (Phi) is 6.87. The van der Waals surface area contributed by atoms with Crippen molar-refractivity contribution in [1.29, 1.82) is 0 Å². The van der Waals surface area contributed by atoms with Crippen LogP contribution in [0.2, 0.25) is 0 Å². The van der Waals surface area contributed by atoms with Crippen LogP contribution in [-0.4, -0.2) is 46.0 Å². The minimum absolute atomic E-state index is 0.0108. The van der Waals surface area contributed by atoms with Gasteiger partial charge in [-0.1, -0.05) is 42.5 Å². The fourth-order valence-electron chi connectivity index (χ4n) is 4.26. The Morgan fingerprint density at radius 2 is 2.03 bits per heavy atom. The summed E-state index contributed by atoms with van der Waals surface area (Å²) in [4.78, 5) is 15.5. The molecule has 2 aromatic carbocycles. The van der Waals surface area contributed by atoms with Crippen LogP contribution in [0.15, 0.2) is 54.6 Å². The molecule has 1 aromatic heterocycles. The van der Waals surface area contributed by atoms with E-state index < -0.39 is 0 Å². The molecule has 1 amide bonds. The third kappa shape index (κ3) is 4.84. The van der Waals surface area contributed by atoms with E-state index in [4.69, 9.17) is 4.74 Å². The Bertz CT molecular complexity index is 1060. The van der Waals surface area contributed by atoms with Crippen LogP contribution in [0.25, 0.3) is 0 Å². The first-order valence-electron chi connectivity index (χ1n) is 11.0. The molecular formula is C25H30N4O3. The van der Waals surface area contributed by atoms with Gasteiger partial charge in [-0.3, -0.25) is 14.4 Å². The van der Waals surface area contributed by atoms with E-state index in [1.54, 1.807) is 11.8 Å². The number of rotatable bonds is 8. The second-order valence-corrected chi connectivity index (χ2v) is 8.14. The lowest BCUT2D eigenvalue weighted by molar-refractivity contribution is 0.0931. The number of hydrogen-bond donors (Lipinski definition) is 2. The molecule has 4 rings (SSSR count). The van der Waals surface area contributed by atoms with Crippen molar-refractivity contribution in [3.63, 3.8) is 0 Å². The van der Waals surface area contributed by atoms with Crippen LogP contribution in [-0.2, 0) is 26.1 Å². The molecule has 0 radical (unpaired) electrons. The van der Waals surface area contributed by atoms with Crippen molar-refractivity contribution < 1.29 is 14.6 Å². The maximum atomic E-state index is 13.2. The minimum Gasteiger partial charge on any atom is -0.497 e. The zero-order valence-corrected chi connectivity index (χ0v) is 18.6. The number of carbonyl (C=O) groups is 1. The van der Waals surface area contributed by atoms with Gasteiger partial charge in [0.15, 0.2) is 5.69 Å². The van der Waals surface area contributed by atoms with Crippen molar-refractivity contribution >= 4 is 5.91 Å². The predicted octanol–water partition coefficient (Wildman–Crippen LogP) is 2.93. The Balaban J connectivity index is 1.55. The van der Waals surface area contributed by atoms with Gasteiger partial charge >= 0.3 is 0 Å². The van der Waals surface area contributed by atoms with Gasteiger partial charge in [-0.15, -0.1) is 0 Å². The maximum absolute atomic E-state index is 13.2. The summed E-state index contributed by atoms with van der Waals surface area (Å²) in [7, 11) is 1.67. The second kappa shape index (κ2) is 9.97. The molecule has 7 heteroatoms. The molecule has 0 saturated carbocycles. The lowest BCUT2D eigenvalue weighted by atomic mass is 10.0. The van der Waals surface area contributed by atoms with Gasteiger partial charge in [0.2, 0.25) is 0 Å². The van der Waals surface area contributed by atoms with Gasteiger partial charge in [0.1, 0.15) is 5.75 Å². The summed E-state index contributed by atoms with van der Waals surface area (Å²) in [6.45, 7) is 4.62. The molecule has 0 bridgehead atoms.